The van der Waals surface area contributed by atoms with E-state index in [1.165, 1.54) is 6.07 Å². The summed E-state index contributed by atoms with van der Waals surface area (Å²) in [5.74, 6) is -0.388. The summed E-state index contributed by atoms with van der Waals surface area (Å²) in [6.45, 7) is 1.47. The van der Waals surface area contributed by atoms with Gasteiger partial charge in [-0.2, -0.15) is 0 Å². The van der Waals surface area contributed by atoms with Crippen LogP contribution in [0.3, 0.4) is 0 Å². The van der Waals surface area contributed by atoms with Gasteiger partial charge >= 0.3 is 0 Å². The van der Waals surface area contributed by atoms with Crippen molar-refractivity contribution in [3.05, 3.63) is 48.0 Å². The summed E-state index contributed by atoms with van der Waals surface area (Å²) in [6.07, 6.45) is 0. The molecule has 0 unspecified atom stereocenters. The molecule has 0 aliphatic carbocycles. The predicted molar refractivity (Wildman–Crippen MR) is 109 cm³/mol. The first-order valence-corrected chi connectivity index (χ1v) is 10.3. The van der Waals surface area contributed by atoms with Crippen LogP contribution in [-0.2, 0) is 19.5 Å². The minimum atomic E-state index is -4.23. The van der Waals surface area contributed by atoms with Crippen LogP contribution in [0, 0.1) is 0 Å². The lowest BCUT2D eigenvalue weighted by Gasteiger charge is -2.28. The molecule has 0 aliphatic heterocycles. The van der Waals surface area contributed by atoms with Gasteiger partial charge < -0.3 is 24.8 Å². The number of para-hydroxylation sites is 1. The second-order valence-corrected chi connectivity index (χ2v) is 7.65. The van der Waals surface area contributed by atoms with E-state index in [0.29, 0.717) is 37.7 Å². The van der Waals surface area contributed by atoms with Crippen molar-refractivity contribution in [1.29, 1.82) is 0 Å². The van der Waals surface area contributed by atoms with E-state index in [1.54, 1.807) is 49.5 Å². The predicted octanol–water partition coefficient (Wildman–Crippen LogP) is 1.32. The Morgan fingerprint density at radius 2 is 1.62 bits per heavy atom. The number of sulfonamides is 1. The first-order valence-electron chi connectivity index (χ1n) is 8.74. The van der Waals surface area contributed by atoms with Crippen molar-refractivity contribution >= 4 is 21.6 Å². The summed E-state index contributed by atoms with van der Waals surface area (Å²) in [5.41, 5.74) is 5.74. The number of primary amides is 1. The second-order valence-electron chi connectivity index (χ2n) is 6.12. The fourth-order valence-corrected chi connectivity index (χ4v) is 3.34. The molecule has 29 heavy (non-hydrogen) atoms. The standard InChI is InChI=1S/C19H25N3O6S/c1-26-10-8-22(9-11-27-2)16-12-14(19(20)23)13-17(29(21,24)25)18(16)28-15-6-4-3-5-7-15/h3-7,12-13H,8-11H2,1-2H3,(H2,20,23)(H2,21,24,25). The Labute approximate surface area is 170 Å². The number of anilines is 1. The summed E-state index contributed by atoms with van der Waals surface area (Å²) in [6, 6.07) is 11.2. The highest BCUT2D eigenvalue weighted by Gasteiger charge is 2.25. The van der Waals surface area contributed by atoms with Gasteiger partial charge in [0.1, 0.15) is 10.6 Å². The molecule has 9 nitrogen and oxygen atoms in total. The van der Waals surface area contributed by atoms with E-state index in [9.17, 15) is 13.2 Å². The molecule has 0 atom stereocenters. The Bertz CT molecular complexity index is 926. The number of carbonyl (C=O) groups is 1. The quantitative estimate of drug-likeness (QED) is 0.557. The highest BCUT2D eigenvalue weighted by Crippen LogP contribution is 2.39. The number of hydrogen-bond donors (Lipinski definition) is 2. The molecule has 0 saturated heterocycles. The lowest BCUT2D eigenvalue weighted by molar-refractivity contribution is 0.1000. The third-order valence-corrected chi connectivity index (χ3v) is 4.98. The smallest absolute Gasteiger partial charge is 0.248 e. The van der Waals surface area contributed by atoms with E-state index in [0.717, 1.165) is 6.07 Å². The first kappa shape index (κ1) is 22.6. The van der Waals surface area contributed by atoms with Gasteiger partial charge in [0.15, 0.2) is 5.75 Å². The zero-order chi connectivity index (χ0) is 21.4. The maximum absolute atomic E-state index is 12.3. The molecule has 10 heteroatoms. The van der Waals surface area contributed by atoms with Crippen molar-refractivity contribution in [1.82, 2.24) is 0 Å². The lowest BCUT2D eigenvalue weighted by atomic mass is 10.1. The number of benzene rings is 2. The van der Waals surface area contributed by atoms with Gasteiger partial charge in [-0.15, -0.1) is 0 Å². The molecule has 0 spiro atoms. The van der Waals surface area contributed by atoms with Crippen LogP contribution in [0.2, 0.25) is 0 Å². The van der Waals surface area contributed by atoms with Crippen molar-refractivity contribution < 1.29 is 27.4 Å². The van der Waals surface area contributed by atoms with Crippen LogP contribution in [0.4, 0.5) is 5.69 Å². The van der Waals surface area contributed by atoms with Crippen LogP contribution in [0.5, 0.6) is 11.5 Å². The topological polar surface area (TPSA) is 134 Å². The van der Waals surface area contributed by atoms with E-state index in [4.69, 9.17) is 25.1 Å². The van der Waals surface area contributed by atoms with Crippen molar-refractivity contribution in [2.24, 2.45) is 10.9 Å². The van der Waals surface area contributed by atoms with E-state index in [2.05, 4.69) is 0 Å². The van der Waals surface area contributed by atoms with E-state index in [-0.39, 0.29) is 16.2 Å². The summed E-state index contributed by atoms with van der Waals surface area (Å²) < 4.78 is 40.8. The average molecular weight is 423 g/mol. The molecule has 0 aliphatic rings. The Morgan fingerprint density at radius 1 is 1.03 bits per heavy atom. The Balaban J connectivity index is 2.71. The molecule has 0 aromatic heterocycles. The molecular weight excluding hydrogens is 398 g/mol. The van der Waals surface area contributed by atoms with Crippen LogP contribution in [0.15, 0.2) is 47.4 Å². The number of nitrogens with two attached hydrogens (primary N) is 2. The van der Waals surface area contributed by atoms with Gasteiger partial charge in [0.05, 0.1) is 18.9 Å². The van der Waals surface area contributed by atoms with Gasteiger partial charge in [0, 0.05) is 32.9 Å². The van der Waals surface area contributed by atoms with Crippen molar-refractivity contribution in [3.63, 3.8) is 0 Å². The number of methoxy groups -OCH3 is 2. The van der Waals surface area contributed by atoms with Gasteiger partial charge in [-0.25, -0.2) is 13.6 Å². The summed E-state index contributed by atoms with van der Waals surface area (Å²) in [5, 5.41) is 5.42. The third kappa shape index (κ3) is 6.16. The monoisotopic (exact) mass is 423 g/mol. The number of ether oxygens (including phenoxy) is 3. The average Bonchev–Trinajstić information content (AvgIpc) is 2.68. The lowest BCUT2D eigenvalue weighted by Crippen LogP contribution is -2.32. The van der Waals surface area contributed by atoms with Gasteiger partial charge in [-0.1, -0.05) is 18.2 Å². The molecule has 0 fully saturated rings. The maximum Gasteiger partial charge on any atom is 0.248 e. The Kier molecular flexibility index (Phi) is 7.97. The molecule has 0 saturated carbocycles. The number of primary sulfonamides is 1. The number of carbonyl (C=O) groups excluding carboxylic acids is 1. The van der Waals surface area contributed by atoms with Gasteiger partial charge in [0.25, 0.3) is 0 Å². The van der Waals surface area contributed by atoms with E-state index >= 15 is 0 Å². The molecule has 4 N–H and O–H groups in total. The molecule has 0 heterocycles. The zero-order valence-corrected chi connectivity index (χ0v) is 17.1. The summed E-state index contributed by atoms with van der Waals surface area (Å²) in [7, 11) is -1.13. The zero-order valence-electron chi connectivity index (χ0n) is 16.3. The molecular formula is C19H25N3O6S. The molecule has 0 radical (unpaired) electrons. The van der Waals surface area contributed by atoms with Crippen LogP contribution in [0.1, 0.15) is 10.4 Å². The van der Waals surface area contributed by atoms with Crippen LogP contribution < -0.4 is 20.5 Å². The molecule has 2 rings (SSSR count). The fourth-order valence-electron chi connectivity index (χ4n) is 2.64. The molecule has 0 bridgehead atoms. The van der Waals surface area contributed by atoms with Crippen LogP contribution in [-0.4, -0.2) is 54.8 Å². The minimum Gasteiger partial charge on any atom is -0.454 e. The Hall–Kier alpha value is -2.66. The second kappa shape index (κ2) is 10.2. The molecule has 2 aromatic carbocycles. The Morgan fingerprint density at radius 3 is 2.10 bits per heavy atom. The van der Waals surface area contributed by atoms with Gasteiger partial charge in [-0.05, 0) is 24.3 Å². The number of amides is 1. The summed E-state index contributed by atoms with van der Waals surface area (Å²) >= 11 is 0. The minimum absolute atomic E-state index is 0.00379. The number of rotatable bonds is 11. The molecule has 2 aromatic rings. The number of hydrogen-bond acceptors (Lipinski definition) is 7. The summed E-state index contributed by atoms with van der Waals surface area (Å²) in [4.78, 5) is 13.3. The molecule has 1 amide bonds. The van der Waals surface area contributed by atoms with Crippen molar-refractivity contribution in [3.8, 4) is 11.5 Å². The van der Waals surface area contributed by atoms with Crippen molar-refractivity contribution in [2.45, 2.75) is 4.90 Å². The SMILES string of the molecule is COCCN(CCOC)c1cc(C(N)=O)cc(S(N)(=O)=O)c1Oc1ccccc1. The van der Waals surface area contributed by atoms with Gasteiger partial charge in [-0.3, -0.25) is 4.79 Å². The van der Waals surface area contributed by atoms with Crippen LogP contribution >= 0.6 is 0 Å². The highest BCUT2D eigenvalue weighted by atomic mass is 32.2. The first-order chi connectivity index (χ1) is 13.8. The van der Waals surface area contributed by atoms with Crippen molar-refractivity contribution in [2.75, 3.05) is 45.4 Å². The highest BCUT2D eigenvalue weighted by molar-refractivity contribution is 7.89. The third-order valence-electron chi connectivity index (χ3n) is 4.06. The number of nitrogens with zero attached hydrogens (tertiary/aromatic N) is 1. The largest absolute Gasteiger partial charge is 0.454 e. The van der Waals surface area contributed by atoms with E-state index < -0.39 is 15.9 Å². The maximum atomic E-state index is 12.3. The van der Waals surface area contributed by atoms with Gasteiger partial charge in [0.2, 0.25) is 15.9 Å². The normalized spacial score (nSPS) is 11.3. The van der Waals surface area contributed by atoms with E-state index in [1.807, 2.05) is 0 Å². The molecule has 158 valence electrons. The van der Waals surface area contributed by atoms with Crippen LogP contribution in [0.25, 0.3) is 0 Å². The fraction of sp³-hybridized carbons (Fsp3) is 0.316.